The van der Waals surface area contributed by atoms with Crippen molar-refractivity contribution in [3.05, 3.63) is 0 Å². The number of carbonyl (C=O) groups excluding carboxylic acids is 1. The van der Waals surface area contributed by atoms with Crippen molar-refractivity contribution in [1.29, 1.82) is 0 Å². The van der Waals surface area contributed by atoms with Crippen molar-refractivity contribution in [3.8, 4) is 0 Å². The molecule has 1 nitrogen and oxygen atoms in total. The SMILES string of the molecule is CCSC(=O)CC(C)C. The third-order valence-corrected chi connectivity index (χ3v) is 1.66. The average molecular weight is 146 g/mol. The molecule has 0 unspecified atom stereocenters. The van der Waals surface area contributed by atoms with E-state index < -0.39 is 0 Å². The topological polar surface area (TPSA) is 17.1 Å². The molecule has 0 fully saturated rings. The first-order chi connectivity index (χ1) is 4.16. The molecule has 0 aliphatic heterocycles. The second-order valence-corrected chi connectivity index (χ2v) is 3.72. The maximum absolute atomic E-state index is 10.8. The van der Waals surface area contributed by atoms with E-state index in [0.717, 1.165) is 12.2 Å². The number of hydrogen-bond donors (Lipinski definition) is 0. The van der Waals surface area contributed by atoms with Gasteiger partial charge in [-0.3, -0.25) is 4.79 Å². The molecular weight excluding hydrogens is 132 g/mol. The minimum Gasteiger partial charge on any atom is -0.287 e. The summed E-state index contributed by atoms with van der Waals surface area (Å²) in [6.07, 6.45) is 0.721. The highest BCUT2D eigenvalue weighted by Gasteiger charge is 2.02. The molecule has 9 heavy (non-hydrogen) atoms. The number of rotatable bonds is 3. The van der Waals surface area contributed by atoms with Crippen LogP contribution < -0.4 is 0 Å². The summed E-state index contributed by atoms with van der Waals surface area (Å²) in [5.74, 6) is 1.42. The third kappa shape index (κ3) is 5.90. The Kier molecular flexibility index (Phi) is 4.87. The zero-order valence-electron chi connectivity index (χ0n) is 6.31. The first kappa shape index (κ1) is 9.02. The van der Waals surface area contributed by atoms with Crippen LogP contribution in [0.2, 0.25) is 0 Å². The summed E-state index contributed by atoms with van der Waals surface area (Å²) in [6.45, 7) is 6.13. The van der Waals surface area contributed by atoms with Gasteiger partial charge in [-0.05, 0) is 11.7 Å². The van der Waals surface area contributed by atoms with Crippen LogP contribution in [0, 0.1) is 5.92 Å². The predicted octanol–water partition coefficient (Wildman–Crippen LogP) is 2.31. The van der Waals surface area contributed by atoms with Gasteiger partial charge in [0.1, 0.15) is 0 Å². The minimum absolute atomic E-state index is 0.326. The molecule has 0 spiro atoms. The van der Waals surface area contributed by atoms with E-state index in [1.807, 2.05) is 6.92 Å². The maximum atomic E-state index is 10.8. The highest BCUT2D eigenvalue weighted by molar-refractivity contribution is 8.13. The number of hydrogen-bond acceptors (Lipinski definition) is 2. The molecule has 0 saturated carbocycles. The first-order valence-corrected chi connectivity index (χ1v) is 4.31. The van der Waals surface area contributed by atoms with Gasteiger partial charge in [-0.15, -0.1) is 0 Å². The second-order valence-electron chi connectivity index (χ2n) is 2.40. The van der Waals surface area contributed by atoms with Gasteiger partial charge in [0, 0.05) is 6.42 Å². The molecule has 0 aliphatic carbocycles. The van der Waals surface area contributed by atoms with Crippen LogP contribution in [0.25, 0.3) is 0 Å². The molecule has 0 aromatic carbocycles. The quantitative estimate of drug-likeness (QED) is 0.607. The molecule has 54 valence electrons. The minimum atomic E-state index is 0.326. The molecule has 0 radical (unpaired) electrons. The standard InChI is InChI=1S/C7H14OS/c1-4-9-7(8)5-6(2)3/h6H,4-5H2,1-3H3. The maximum Gasteiger partial charge on any atom is 0.189 e. The Bertz CT molecular complexity index is 88.9. The number of thioether (sulfide) groups is 1. The Labute approximate surface area is 61.2 Å². The highest BCUT2D eigenvalue weighted by Crippen LogP contribution is 2.09. The van der Waals surface area contributed by atoms with E-state index in [0.29, 0.717) is 11.0 Å². The van der Waals surface area contributed by atoms with Gasteiger partial charge in [0.25, 0.3) is 0 Å². The van der Waals surface area contributed by atoms with Gasteiger partial charge in [-0.2, -0.15) is 0 Å². The molecule has 2 heteroatoms. The third-order valence-electron chi connectivity index (χ3n) is 0.880. The summed E-state index contributed by atoms with van der Waals surface area (Å²) in [5, 5.41) is 0.326. The van der Waals surface area contributed by atoms with E-state index in [1.54, 1.807) is 0 Å². The Morgan fingerprint density at radius 3 is 2.44 bits per heavy atom. The van der Waals surface area contributed by atoms with Crippen molar-refractivity contribution in [2.24, 2.45) is 5.92 Å². The summed E-state index contributed by atoms with van der Waals surface area (Å²) in [6, 6.07) is 0. The van der Waals surface area contributed by atoms with E-state index in [-0.39, 0.29) is 0 Å². The van der Waals surface area contributed by atoms with Gasteiger partial charge < -0.3 is 0 Å². The van der Waals surface area contributed by atoms with E-state index in [4.69, 9.17) is 0 Å². The van der Waals surface area contributed by atoms with E-state index in [1.165, 1.54) is 11.8 Å². The van der Waals surface area contributed by atoms with Crippen LogP contribution in [-0.2, 0) is 4.79 Å². The Morgan fingerprint density at radius 1 is 1.56 bits per heavy atom. The molecule has 0 rings (SSSR count). The Morgan fingerprint density at radius 2 is 2.11 bits per heavy atom. The monoisotopic (exact) mass is 146 g/mol. The van der Waals surface area contributed by atoms with Crippen LogP contribution in [0.1, 0.15) is 27.2 Å². The van der Waals surface area contributed by atoms with Gasteiger partial charge in [0.05, 0.1) is 0 Å². The molecule has 0 amide bonds. The molecule has 0 aliphatic rings. The largest absolute Gasteiger partial charge is 0.287 e. The average Bonchev–Trinajstić information content (AvgIpc) is 1.63. The molecular formula is C7H14OS. The lowest BCUT2D eigenvalue weighted by molar-refractivity contribution is -0.111. The highest BCUT2D eigenvalue weighted by atomic mass is 32.2. The van der Waals surface area contributed by atoms with Crippen molar-refractivity contribution >= 4 is 16.9 Å². The van der Waals surface area contributed by atoms with Gasteiger partial charge in [-0.1, -0.05) is 32.5 Å². The molecule has 0 heterocycles. The van der Waals surface area contributed by atoms with Gasteiger partial charge >= 0.3 is 0 Å². The second kappa shape index (κ2) is 4.86. The fraction of sp³-hybridized carbons (Fsp3) is 0.857. The summed E-state index contributed by atoms with van der Waals surface area (Å²) in [7, 11) is 0. The van der Waals surface area contributed by atoms with Gasteiger partial charge in [0.15, 0.2) is 5.12 Å². The zero-order chi connectivity index (χ0) is 7.28. The molecule has 0 aromatic heterocycles. The lowest BCUT2D eigenvalue weighted by atomic mass is 10.2. The van der Waals surface area contributed by atoms with Crippen LogP contribution in [0.15, 0.2) is 0 Å². The summed E-state index contributed by atoms with van der Waals surface area (Å²) in [4.78, 5) is 10.8. The summed E-state index contributed by atoms with van der Waals surface area (Å²) < 4.78 is 0. The molecule has 0 aromatic rings. The molecule has 0 N–H and O–H groups in total. The van der Waals surface area contributed by atoms with Crippen LogP contribution in [0.5, 0.6) is 0 Å². The van der Waals surface area contributed by atoms with Crippen molar-refractivity contribution in [2.45, 2.75) is 27.2 Å². The molecule has 0 bridgehead atoms. The van der Waals surface area contributed by atoms with E-state index in [9.17, 15) is 4.79 Å². The lowest BCUT2D eigenvalue weighted by Gasteiger charge is -1.99. The summed E-state index contributed by atoms with van der Waals surface area (Å²) in [5.41, 5.74) is 0. The first-order valence-electron chi connectivity index (χ1n) is 3.32. The van der Waals surface area contributed by atoms with Crippen molar-refractivity contribution in [2.75, 3.05) is 5.75 Å². The summed E-state index contributed by atoms with van der Waals surface area (Å²) >= 11 is 1.42. The van der Waals surface area contributed by atoms with Crippen molar-refractivity contribution in [3.63, 3.8) is 0 Å². The van der Waals surface area contributed by atoms with E-state index in [2.05, 4.69) is 13.8 Å². The number of carbonyl (C=O) groups is 1. The van der Waals surface area contributed by atoms with Crippen LogP contribution >= 0.6 is 11.8 Å². The lowest BCUT2D eigenvalue weighted by Crippen LogP contribution is -1.97. The Balaban J connectivity index is 3.27. The van der Waals surface area contributed by atoms with Crippen LogP contribution in [-0.4, -0.2) is 10.9 Å². The normalized spacial score (nSPS) is 10.2. The predicted molar refractivity (Wildman–Crippen MR) is 42.6 cm³/mol. The fourth-order valence-electron chi connectivity index (χ4n) is 0.553. The van der Waals surface area contributed by atoms with Crippen LogP contribution in [0.3, 0.4) is 0 Å². The molecule has 0 saturated heterocycles. The van der Waals surface area contributed by atoms with Crippen LogP contribution in [0.4, 0.5) is 0 Å². The zero-order valence-corrected chi connectivity index (χ0v) is 7.12. The van der Waals surface area contributed by atoms with Gasteiger partial charge in [-0.25, -0.2) is 0 Å². The Hall–Kier alpha value is 0.0200. The molecule has 0 atom stereocenters. The van der Waals surface area contributed by atoms with Crippen molar-refractivity contribution < 1.29 is 4.79 Å². The van der Waals surface area contributed by atoms with E-state index >= 15 is 0 Å². The smallest absolute Gasteiger partial charge is 0.189 e. The fourth-order valence-corrected chi connectivity index (χ4v) is 1.33. The van der Waals surface area contributed by atoms with Gasteiger partial charge in [0.2, 0.25) is 0 Å². The van der Waals surface area contributed by atoms with Crippen molar-refractivity contribution in [1.82, 2.24) is 0 Å².